The van der Waals surface area contributed by atoms with Gasteiger partial charge in [0.2, 0.25) is 5.91 Å². The number of aromatic nitrogens is 1. The number of ether oxygens (including phenoxy) is 1. The molecule has 1 fully saturated rings. The normalized spacial score (nSPS) is 15.4. The van der Waals surface area contributed by atoms with Crippen LogP contribution in [0.5, 0.6) is 5.75 Å². The second kappa shape index (κ2) is 10.6. The van der Waals surface area contributed by atoms with E-state index in [1.165, 1.54) is 6.42 Å². The van der Waals surface area contributed by atoms with Crippen molar-refractivity contribution in [1.82, 2.24) is 10.3 Å². The van der Waals surface area contributed by atoms with Crippen LogP contribution in [0.4, 0.5) is 0 Å². The molecule has 144 valence electrons. The number of nitrogens with one attached hydrogen (secondary N) is 1. The predicted octanol–water partition coefficient (Wildman–Crippen LogP) is 3.63. The van der Waals surface area contributed by atoms with E-state index < -0.39 is 5.54 Å². The van der Waals surface area contributed by atoms with Gasteiger partial charge in [-0.2, -0.15) is 0 Å². The minimum absolute atomic E-state index is 0. The van der Waals surface area contributed by atoms with E-state index in [9.17, 15) is 4.79 Å². The Kier molecular flexibility index (Phi) is 9.13. The number of carbonyl (C=O) groups is 1. The number of nitrogens with two attached hydrogens (primary N) is 1. The zero-order valence-corrected chi connectivity index (χ0v) is 16.4. The molecule has 2 aromatic rings. The summed E-state index contributed by atoms with van der Waals surface area (Å²) in [6.07, 6.45) is 7.35. The first-order valence-electron chi connectivity index (χ1n) is 8.73. The maximum atomic E-state index is 12.2. The van der Waals surface area contributed by atoms with Crippen molar-refractivity contribution in [2.24, 2.45) is 5.73 Å². The van der Waals surface area contributed by atoms with Gasteiger partial charge in [-0.3, -0.25) is 9.78 Å². The van der Waals surface area contributed by atoms with Crippen LogP contribution in [0.1, 0.15) is 38.5 Å². The van der Waals surface area contributed by atoms with Gasteiger partial charge in [0.25, 0.3) is 0 Å². The standard InChI is InChI=1S/C19H25N3O2.2ClH/c20-19(10-2-1-3-11-19)18(23)22-13-6-14-24-16-9-4-7-15-8-5-12-21-17(15)16;;/h4-5,7-9,12H,1-3,6,10-11,13-14,20H2,(H,22,23);2*1H. The number of halogens is 2. The number of carbonyl (C=O) groups excluding carboxylic acids is 1. The molecule has 0 saturated heterocycles. The van der Waals surface area contributed by atoms with E-state index in [-0.39, 0.29) is 30.7 Å². The molecule has 1 saturated carbocycles. The Morgan fingerprint density at radius 1 is 1.15 bits per heavy atom. The zero-order chi connectivity index (χ0) is 16.8. The smallest absolute Gasteiger partial charge is 0.240 e. The van der Waals surface area contributed by atoms with E-state index in [1.54, 1.807) is 6.20 Å². The molecule has 26 heavy (non-hydrogen) atoms. The van der Waals surface area contributed by atoms with Gasteiger partial charge in [-0.15, -0.1) is 24.8 Å². The van der Waals surface area contributed by atoms with Gasteiger partial charge < -0.3 is 15.8 Å². The van der Waals surface area contributed by atoms with Crippen LogP contribution in [0, 0.1) is 0 Å². The third-order valence-electron chi connectivity index (χ3n) is 4.66. The van der Waals surface area contributed by atoms with Crippen LogP contribution in [0.15, 0.2) is 36.5 Å². The molecule has 0 bridgehead atoms. The second-order valence-electron chi connectivity index (χ2n) is 6.51. The predicted molar refractivity (Wildman–Crippen MR) is 109 cm³/mol. The van der Waals surface area contributed by atoms with Gasteiger partial charge in [-0.05, 0) is 31.4 Å². The fourth-order valence-corrected chi connectivity index (χ4v) is 3.23. The van der Waals surface area contributed by atoms with Crippen molar-refractivity contribution < 1.29 is 9.53 Å². The molecule has 1 aliphatic carbocycles. The highest BCUT2D eigenvalue weighted by Gasteiger charge is 2.34. The number of para-hydroxylation sites is 1. The molecule has 0 aliphatic heterocycles. The van der Waals surface area contributed by atoms with Crippen molar-refractivity contribution >= 4 is 41.6 Å². The molecular formula is C19H27Cl2N3O2. The first-order valence-corrected chi connectivity index (χ1v) is 8.73. The largest absolute Gasteiger partial charge is 0.491 e. The summed E-state index contributed by atoms with van der Waals surface area (Å²) < 4.78 is 5.83. The maximum absolute atomic E-state index is 12.2. The Labute approximate surface area is 166 Å². The molecule has 1 aliphatic rings. The average molecular weight is 400 g/mol. The zero-order valence-electron chi connectivity index (χ0n) is 14.8. The summed E-state index contributed by atoms with van der Waals surface area (Å²) in [5.41, 5.74) is 6.42. The summed E-state index contributed by atoms with van der Waals surface area (Å²) in [4.78, 5) is 16.6. The number of nitrogens with zero attached hydrogens (tertiary/aromatic N) is 1. The maximum Gasteiger partial charge on any atom is 0.240 e. The molecular weight excluding hydrogens is 373 g/mol. The van der Waals surface area contributed by atoms with Crippen LogP contribution >= 0.6 is 24.8 Å². The number of hydrogen-bond donors (Lipinski definition) is 2. The van der Waals surface area contributed by atoms with Gasteiger partial charge in [0.05, 0.1) is 12.1 Å². The van der Waals surface area contributed by atoms with Crippen molar-refractivity contribution in [1.29, 1.82) is 0 Å². The topological polar surface area (TPSA) is 77.2 Å². The minimum atomic E-state index is -0.668. The van der Waals surface area contributed by atoms with E-state index in [0.717, 1.165) is 48.8 Å². The summed E-state index contributed by atoms with van der Waals surface area (Å²) in [6.45, 7) is 1.11. The molecule has 1 amide bonds. The molecule has 7 heteroatoms. The molecule has 0 spiro atoms. The van der Waals surface area contributed by atoms with E-state index in [0.29, 0.717) is 13.2 Å². The van der Waals surface area contributed by atoms with Crippen molar-refractivity contribution in [3.8, 4) is 5.75 Å². The summed E-state index contributed by atoms with van der Waals surface area (Å²) in [6, 6.07) is 9.82. The van der Waals surface area contributed by atoms with Gasteiger partial charge in [-0.25, -0.2) is 0 Å². The minimum Gasteiger partial charge on any atom is -0.491 e. The Bertz CT molecular complexity index is 701. The lowest BCUT2D eigenvalue weighted by Crippen LogP contribution is -2.55. The fraction of sp³-hybridized carbons (Fsp3) is 0.474. The van der Waals surface area contributed by atoms with Crippen LogP contribution in [0.25, 0.3) is 10.9 Å². The van der Waals surface area contributed by atoms with E-state index in [1.807, 2.05) is 30.3 Å². The van der Waals surface area contributed by atoms with Gasteiger partial charge >= 0.3 is 0 Å². The Hall–Kier alpha value is -1.56. The van der Waals surface area contributed by atoms with Crippen LogP contribution in [0.3, 0.4) is 0 Å². The van der Waals surface area contributed by atoms with Crippen molar-refractivity contribution in [3.63, 3.8) is 0 Å². The Morgan fingerprint density at radius 3 is 2.65 bits per heavy atom. The van der Waals surface area contributed by atoms with Gasteiger partial charge in [-0.1, -0.05) is 37.5 Å². The van der Waals surface area contributed by atoms with E-state index in [2.05, 4.69) is 10.3 Å². The highest BCUT2D eigenvalue weighted by atomic mass is 35.5. The van der Waals surface area contributed by atoms with Crippen molar-refractivity contribution in [2.75, 3.05) is 13.2 Å². The lowest BCUT2D eigenvalue weighted by atomic mass is 9.82. The first kappa shape index (κ1) is 22.5. The highest BCUT2D eigenvalue weighted by Crippen LogP contribution is 2.26. The molecule has 3 N–H and O–H groups in total. The van der Waals surface area contributed by atoms with E-state index in [4.69, 9.17) is 10.5 Å². The number of amides is 1. The van der Waals surface area contributed by atoms with Crippen molar-refractivity contribution in [3.05, 3.63) is 36.5 Å². The van der Waals surface area contributed by atoms with Crippen molar-refractivity contribution in [2.45, 2.75) is 44.1 Å². The van der Waals surface area contributed by atoms with Gasteiger partial charge in [0, 0.05) is 18.1 Å². The Morgan fingerprint density at radius 2 is 1.88 bits per heavy atom. The first-order chi connectivity index (χ1) is 11.7. The number of hydrogen-bond acceptors (Lipinski definition) is 4. The molecule has 1 aromatic heterocycles. The summed E-state index contributed by atoms with van der Waals surface area (Å²) in [7, 11) is 0. The van der Waals surface area contributed by atoms with Crippen LogP contribution < -0.4 is 15.8 Å². The Balaban J connectivity index is 0.00000169. The fourth-order valence-electron chi connectivity index (χ4n) is 3.23. The summed E-state index contributed by atoms with van der Waals surface area (Å²) in [5, 5.41) is 4.02. The van der Waals surface area contributed by atoms with Gasteiger partial charge in [0.15, 0.2) is 0 Å². The number of rotatable bonds is 6. The number of fused-ring (bicyclic) bond motifs is 1. The number of pyridine rings is 1. The number of benzene rings is 1. The lowest BCUT2D eigenvalue weighted by Gasteiger charge is -2.31. The van der Waals surface area contributed by atoms with Crippen LogP contribution in [-0.2, 0) is 4.79 Å². The second-order valence-corrected chi connectivity index (χ2v) is 6.51. The SMILES string of the molecule is Cl.Cl.NC1(C(=O)NCCCOc2cccc3cccnc23)CCCCC1. The quantitative estimate of drug-likeness (QED) is 0.726. The summed E-state index contributed by atoms with van der Waals surface area (Å²) in [5.74, 6) is 0.760. The highest BCUT2D eigenvalue weighted by molar-refractivity contribution is 5.86. The average Bonchev–Trinajstić information content (AvgIpc) is 2.62. The molecule has 1 heterocycles. The van der Waals surface area contributed by atoms with Gasteiger partial charge in [0.1, 0.15) is 11.3 Å². The lowest BCUT2D eigenvalue weighted by molar-refractivity contribution is -0.127. The molecule has 0 atom stereocenters. The monoisotopic (exact) mass is 399 g/mol. The summed E-state index contributed by atoms with van der Waals surface area (Å²) >= 11 is 0. The third kappa shape index (κ3) is 5.47. The molecule has 1 aromatic carbocycles. The van der Waals surface area contributed by atoms with Crippen LogP contribution in [0.2, 0.25) is 0 Å². The molecule has 3 rings (SSSR count). The molecule has 0 unspecified atom stereocenters. The van der Waals surface area contributed by atoms with E-state index >= 15 is 0 Å². The molecule has 5 nitrogen and oxygen atoms in total. The third-order valence-corrected chi connectivity index (χ3v) is 4.66. The molecule has 0 radical (unpaired) electrons. The van der Waals surface area contributed by atoms with Crippen LogP contribution in [-0.4, -0.2) is 29.6 Å².